The first-order valence-electron chi connectivity index (χ1n) is 5.16. The molecule has 0 aromatic heterocycles. The first kappa shape index (κ1) is 13.7. The molecule has 0 radical (unpaired) electrons. The Balaban J connectivity index is 2.98. The van der Waals surface area contributed by atoms with Crippen LogP contribution in [-0.4, -0.2) is 24.9 Å². The van der Waals surface area contributed by atoms with Crippen LogP contribution in [0.3, 0.4) is 0 Å². The third-order valence-electron chi connectivity index (χ3n) is 2.11. The molecule has 0 unspecified atom stereocenters. The fraction of sp³-hybridized carbons (Fsp3) is 0.455. The smallest absolute Gasteiger partial charge is 0.387 e. The maximum Gasteiger partial charge on any atom is 0.387 e. The lowest BCUT2D eigenvalue weighted by molar-refractivity contribution is -0.0514. The van der Waals surface area contributed by atoms with Gasteiger partial charge in [0.25, 0.3) is 0 Å². The molecule has 0 aliphatic rings. The normalized spacial score (nSPS) is 12.6. The van der Waals surface area contributed by atoms with Crippen LogP contribution >= 0.6 is 0 Å². The predicted molar refractivity (Wildman–Crippen MR) is 58.3 cm³/mol. The SMILES string of the molecule is CCOc1cc([C@H](N)CO)ccc1OC(F)F. The van der Waals surface area contributed by atoms with Gasteiger partial charge in [0.05, 0.1) is 19.3 Å². The average Bonchev–Trinajstić information content (AvgIpc) is 2.30. The highest BCUT2D eigenvalue weighted by atomic mass is 19.3. The second-order valence-electron chi connectivity index (χ2n) is 3.31. The summed E-state index contributed by atoms with van der Waals surface area (Å²) in [6, 6.07) is 3.78. The lowest BCUT2D eigenvalue weighted by Gasteiger charge is -2.14. The topological polar surface area (TPSA) is 64.7 Å². The van der Waals surface area contributed by atoms with Crippen molar-refractivity contribution in [2.24, 2.45) is 5.73 Å². The molecular formula is C11H15F2NO3. The molecule has 0 amide bonds. The number of halogens is 2. The first-order chi connectivity index (χ1) is 8.08. The molecule has 1 aromatic carbocycles. The van der Waals surface area contributed by atoms with Crippen molar-refractivity contribution in [3.8, 4) is 11.5 Å². The van der Waals surface area contributed by atoms with E-state index in [2.05, 4.69) is 4.74 Å². The summed E-state index contributed by atoms with van der Waals surface area (Å²) in [6.07, 6.45) is 0. The van der Waals surface area contributed by atoms with E-state index in [0.717, 1.165) is 0 Å². The van der Waals surface area contributed by atoms with Crippen molar-refractivity contribution in [3.05, 3.63) is 23.8 Å². The molecule has 0 bridgehead atoms. The third kappa shape index (κ3) is 3.83. The summed E-state index contributed by atoms with van der Waals surface area (Å²) in [5.74, 6) is 0.143. The summed E-state index contributed by atoms with van der Waals surface area (Å²) in [4.78, 5) is 0. The number of alkyl halides is 2. The van der Waals surface area contributed by atoms with Crippen molar-refractivity contribution in [2.75, 3.05) is 13.2 Å². The Labute approximate surface area is 97.9 Å². The summed E-state index contributed by atoms with van der Waals surface area (Å²) in [5, 5.41) is 8.91. The van der Waals surface area contributed by atoms with E-state index < -0.39 is 12.7 Å². The monoisotopic (exact) mass is 247 g/mol. The van der Waals surface area contributed by atoms with Gasteiger partial charge in [0.15, 0.2) is 11.5 Å². The van der Waals surface area contributed by atoms with Crippen LogP contribution in [0.5, 0.6) is 11.5 Å². The molecule has 0 heterocycles. The molecule has 96 valence electrons. The summed E-state index contributed by atoms with van der Waals surface area (Å²) in [7, 11) is 0. The standard InChI is InChI=1S/C11H15F2NO3/c1-2-16-10-5-7(8(14)6-15)3-4-9(10)17-11(12)13/h3-5,8,11,15H,2,6,14H2,1H3/t8-/m1/s1. The summed E-state index contributed by atoms with van der Waals surface area (Å²) >= 11 is 0. The first-order valence-corrected chi connectivity index (χ1v) is 5.16. The van der Waals surface area contributed by atoms with E-state index in [1.807, 2.05) is 0 Å². The second kappa shape index (κ2) is 6.36. The Bertz CT molecular complexity index is 361. The summed E-state index contributed by atoms with van der Waals surface area (Å²) < 4.78 is 33.7. The van der Waals surface area contributed by atoms with Crippen LogP contribution in [0.4, 0.5) is 8.78 Å². The predicted octanol–water partition coefficient (Wildman–Crippen LogP) is 1.68. The molecular weight excluding hydrogens is 232 g/mol. The quantitative estimate of drug-likeness (QED) is 0.802. The van der Waals surface area contributed by atoms with Crippen molar-refractivity contribution >= 4 is 0 Å². The van der Waals surface area contributed by atoms with E-state index in [4.69, 9.17) is 15.6 Å². The van der Waals surface area contributed by atoms with Crippen molar-refractivity contribution in [2.45, 2.75) is 19.6 Å². The molecule has 0 aliphatic heterocycles. The van der Waals surface area contributed by atoms with E-state index in [1.54, 1.807) is 6.92 Å². The van der Waals surface area contributed by atoms with Gasteiger partial charge in [0.2, 0.25) is 0 Å². The number of aliphatic hydroxyl groups excluding tert-OH is 1. The molecule has 1 aromatic rings. The highest BCUT2D eigenvalue weighted by Crippen LogP contribution is 2.31. The zero-order chi connectivity index (χ0) is 12.8. The van der Waals surface area contributed by atoms with Crippen molar-refractivity contribution < 1.29 is 23.4 Å². The van der Waals surface area contributed by atoms with Crippen LogP contribution in [0.15, 0.2) is 18.2 Å². The van der Waals surface area contributed by atoms with E-state index in [9.17, 15) is 8.78 Å². The van der Waals surface area contributed by atoms with E-state index in [1.165, 1.54) is 18.2 Å². The number of hydrogen-bond acceptors (Lipinski definition) is 4. The van der Waals surface area contributed by atoms with Crippen LogP contribution in [0, 0.1) is 0 Å². The van der Waals surface area contributed by atoms with Crippen LogP contribution < -0.4 is 15.2 Å². The fourth-order valence-corrected chi connectivity index (χ4v) is 1.32. The Kier molecular flexibility index (Phi) is 5.11. The van der Waals surface area contributed by atoms with Crippen molar-refractivity contribution in [1.29, 1.82) is 0 Å². The number of ether oxygens (including phenoxy) is 2. The molecule has 0 fully saturated rings. The van der Waals surface area contributed by atoms with E-state index in [0.29, 0.717) is 12.2 Å². The van der Waals surface area contributed by atoms with Gasteiger partial charge in [-0.05, 0) is 24.6 Å². The van der Waals surface area contributed by atoms with Gasteiger partial charge in [-0.25, -0.2) is 0 Å². The molecule has 0 saturated carbocycles. The average molecular weight is 247 g/mol. The minimum absolute atomic E-state index is 0.0456. The van der Waals surface area contributed by atoms with Gasteiger partial charge in [-0.3, -0.25) is 0 Å². The zero-order valence-electron chi connectivity index (χ0n) is 9.40. The fourth-order valence-electron chi connectivity index (χ4n) is 1.32. The Morgan fingerprint density at radius 3 is 2.59 bits per heavy atom. The van der Waals surface area contributed by atoms with Gasteiger partial charge in [0, 0.05) is 0 Å². The third-order valence-corrected chi connectivity index (χ3v) is 2.11. The molecule has 4 nitrogen and oxygen atoms in total. The van der Waals surface area contributed by atoms with Gasteiger partial charge in [-0.1, -0.05) is 6.07 Å². The van der Waals surface area contributed by atoms with Crippen LogP contribution in [-0.2, 0) is 0 Å². The summed E-state index contributed by atoms with van der Waals surface area (Å²) in [5.41, 5.74) is 6.21. The Morgan fingerprint density at radius 2 is 2.06 bits per heavy atom. The molecule has 0 aliphatic carbocycles. The van der Waals surface area contributed by atoms with Gasteiger partial charge in [0.1, 0.15) is 0 Å². The lowest BCUT2D eigenvalue weighted by atomic mass is 10.1. The molecule has 0 spiro atoms. The number of aliphatic hydroxyl groups is 1. The van der Waals surface area contributed by atoms with Crippen molar-refractivity contribution in [3.63, 3.8) is 0 Å². The van der Waals surface area contributed by atoms with E-state index in [-0.39, 0.29) is 18.1 Å². The molecule has 3 N–H and O–H groups in total. The van der Waals surface area contributed by atoms with E-state index >= 15 is 0 Å². The molecule has 1 rings (SSSR count). The lowest BCUT2D eigenvalue weighted by Crippen LogP contribution is -2.15. The van der Waals surface area contributed by atoms with Crippen LogP contribution in [0.25, 0.3) is 0 Å². The second-order valence-corrected chi connectivity index (χ2v) is 3.31. The number of rotatable bonds is 6. The Morgan fingerprint density at radius 1 is 1.35 bits per heavy atom. The van der Waals surface area contributed by atoms with Crippen LogP contribution in [0.2, 0.25) is 0 Å². The minimum atomic E-state index is -2.91. The molecule has 0 saturated heterocycles. The van der Waals surface area contributed by atoms with Crippen molar-refractivity contribution in [1.82, 2.24) is 0 Å². The van der Waals surface area contributed by atoms with Gasteiger partial charge in [-0.15, -0.1) is 0 Å². The number of nitrogens with two attached hydrogens (primary N) is 1. The maximum atomic E-state index is 12.1. The largest absolute Gasteiger partial charge is 0.490 e. The maximum absolute atomic E-state index is 12.1. The number of benzene rings is 1. The molecule has 17 heavy (non-hydrogen) atoms. The Hall–Kier alpha value is -1.40. The van der Waals surface area contributed by atoms with Gasteiger partial charge >= 0.3 is 6.61 Å². The van der Waals surface area contributed by atoms with Crippen LogP contribution in [0.1, 0.15) is 18.5 Å². The van der Waals surface area contributed by atoms with Gasteiger partial charge < -0.3 is 20.3 Å². The number of hydrogen-bond donors (Lipinski definition) is 2. The molecule has 1 atom stereocenters. The summed E-state index contributed by atoms with van der Waals surface area (Å²) in [6.45, 7) is -1.10. The highest BCUT2D eigenvalue weighted by molar-refractivity contribution is 5.43. The molecule has 6 heteroatoms. The van der Waals surface area contributed by atoms with Gasteiger partial charge in [-0.2, -0.15) is 8.78 Å². The minimum Gasteiger partial charge on any atom is -0.490 e. The highest BCUT2D eigenvalue weighted by Gasteiger charge is 2.13. The zero-order valence-corrected chi connectivity index (χ0v) is 9.40.